The summed E-state index contributed by atoms with van der Waals surface area (Å²) < 4.78 is 10.6. The van der Waals surface area contributed by atoms with Crippen LogP contribution >= 0.6 is 0 Å². The third-order valence-electron chi connectivity index (χ3n) is 8.87. The molecule has 0 aromatic rings. The van der Waals surface area contributed by atoms with Crippen molar-refractivity contribution in [1.29, 1.82) is 0 Å². The van der Waals surface area contributed by atoms with Crippen molar-refractivity contribution in [1.82, 2.24) is 0 Å². The van der Waals surface area contributed by atoms with Gasteiger partial charge in [-0.1, -0.05) is 175 Å². The number of aliphatic hydroxyl groups excluding tert-OH is 1. The van der Waals surface area contributed by atoms with E-state index >= 15 is 0 Å². The van der Waals surface area contributed by atoms with Crippen LogP contribution in [0, 0.1) is 11.8 Å². The topological polar surface area (TPSA) is 72.8 Å². The van der Waals surface area contributed by atoms with Gasteiger partial charge in [-0.05, 0) is 24.7 Å². The zero-order valence-electron chi connectivity index (χ0n) is 29.3. The lowest BCUT2D eigenvalue weighted by molar-refractivity contribution is -0.161. The van der Waals surface area contributed by atoms with Gasteiger partial charge < -0.3 is 14.6 Å². The summed E-state index contributed by atoms with van der Waals surface area (Å²) in [6.07, 6.45) is 31.6. The SMILES string of the molecule is CCC(C)CCCCCCCCCCC(=O)OC[C@H](CO)OC(=O)CCCCCCCCCCCCCCCCC(C)C. The number of esters is 2. The second-order valence-corrected chi connectivity index (χ2v) is 13.7. The van der Waals surface area contributed by atoms with Crippen LogP contribution in [0.25, 0.3) is 0 Å². The van der Waals surface area contributed by atoms with E-state index in [1.54, 1.807) is 0 Å². The summed E-state index contributed by atoms with van der Waals surface area (Å²) in [5, 5.41) is 9.53. The largest absolute Gasteiger partial charge is 0.462 e. The number of hydrogen-bond acceptors (Lipinski definition) is 5. The van der Waals surface area contributed by atoms with Crippen molar-refractivity contribution in [3.05, 3.63) is 0 Å². The van der Waals surface area contributed by atoms with Gasteiger partial charge in [0.25, 0.3) is 0 Å². The number of carbonyl (C=O) groups excluding carboxylic acids is 2. The van der Waals surface area contributed by atoms with Crippen molar-refractivity contribution in [3.8, 4) is 0 Å². The van der Waals surface area contributed by atoms with Crippen LogP contribution in [-0.2, 0) is 19.1 Å². The highest BCUT2D eigenvalue weighted by atomic mass is 16.6. The van der Waals surface area contributed by atoms with E-state index in [1.165, 1.54) is 122 Å². The van der Waals surface area contributed by atoms with Gasteiger partial charge in [-0.2, -0.15) is 0 Å². The maximum Gasteiger partial charge on any atom is 0.306 e. The molecule has 0 aromatic carbocycles. The van der Waals surface area contributed by atoms with Crippen LogP contribution < -0.4 is 0 Å². The van der Waals surface area contributed by atoms with E-state index in [1.807, 2.05) is 0 Å². The zero-order chi connectivity index (χ0) is 31.8. The van der Waals surface area contributed by atoms with Gasteiger partial charge in [0.15, 0.2) is 6.10 Å². The summed E-state index contributed by atoms with van der Waals surface area (Å²) in [6, 6.07) is 0. The molecule has 0 aliphatic rings. The highest BCUT2D eigenvalue weighted by Gasteiger charge is 2.16. The molecular weight excluding hydrogens is 536 g/mol. The van der Waals surface area contributed by atoms with E-state index < -0.39 is 6.10 Å². The van der Waals surface area contributed by atoms with Crippen molar-refractivity contribution in [2.75, 3.05) is 13.2 Å². The molecule has 1 unspecified atom stereocenters. The monoisotopic (exact) mass is 611 g/mol. The molecule has 0 fully saturated rings. The zero-order valence-corrected chi connectivity index (χ0v) is 29.3. The Hall–Kier alpha value is -1.10. The Kier molecular flexibility index (Phi) is 31.5. The molecule has 0 aliphatic carbocycles. The number of aliphatic hydroxyl groups is 1. The highest BCUT2D eigenvalue weighted by molar-refractivity contribution is 5.70. The van der Waals surface area contributed by atoms with Crippen molar-refractivity contribution in [2.24, 2.45) is 11.8 Å². The third-order valence-corrected chi connectivity index (χ3v) is 8.87. The van der Waals surface area contributed by atoms with Crippen LogP contribution in [0.3, 0.4) is 0 Å². The van der Waals surface area contributed by atoms with Gasteiger partial charge in [-0.3, -0.25) is 9.59 Å². The molecule has 0 saturated heterocycles. The molecule has 0 bridgehead atoms. The molecule has 0 rings (SSSR count). The van der Waals surface area contributed by atoms with Crippen LogP contribution in [-0.4, -0.2) is 36.4 Å². The van der Waals surface area contributed by atoms with Crippen molar-refractivity contribution in [2.45, 2.75) is 207 Å². The van der Waals surface area contributed by atoms with Crippen molar-refractivity contribution < 1.29 is 24.2 Å². The smallest absolute Gasteiger partial charge is 0.306 e. The van der Waals surface area contributed by atoms with Gasteiger partial charge in [0.1, 0.15) is 6.61 Å². The van der Waals surface area contributed by atoms with E-state index in [-0.39, 0.29) is 25.2 Å². The molecule has 0 amide bonds. The lowest BCUT2D eigenvalue weighted by Crippen LogP contribution is -2.28. The van der Waals surface area contributed by atoms with Crippen LogP contribution in [0.4, 0.5) is 0 Å². The number of unbranched alkanes of at least 4 members (excludes halogenated alkanes) is 20. The molecule has 0 heterocycles. The van der Waals surface area contributed by atoms with E-state index in [4.69, 9.17) is 9.47 Å². The molecule has 43 heavy (non-hydrogen) atoms. The minimum absolute atomic E-state index is 0.0595. The van der Waals surface area contributed by atoms with Crippen LogP contribution in [0.1, 0.15) is 201 Å². The van der Waals surface area contributed by atoms with E-state index in [0.29, 0.717) is 12.8 Å². The normalized spacial score (nSPS) is 12.9. The number of rotatable bonds is 33. The minimum atomic E-state index is -0.762. The molecule has 5 heteroatoms. The summed E-state index contributed by atoms with van der Waals surface area (Å²) in [4.78, 5) is 24.2. The molecule has 1 N–H and O–H groups in total. The second kappa shape index (κ2) is 32.3. The van der Waals surface area contributed by atoms with Gasteiger partial charge >= 0.3 is 11.9 Å². The first-order valence-electron chi connectivity index (χ1n) is 18.8. The minimum Gasteiger partial charge on any atom is -0.462 e. The fraction of sp³-hybridized carbons (Fsp3) is 0.947. The van der Waals surface area contributed by atoms with Gasteiger partial charge in [0, 0.05) is 12.8 Å². The standard InChI is InChI=1S/C38H74O5/c1-5-35(4)29-25-21-17-14-15-18-22-26-30-37(40)42-33-36(32-39)43-38(41)31-27-23-19-13-11-9-7-6-8-10-12-16-20-24-28-34(2)3/h34-36,39H,5-33H2,1-4H3/t35?,36-/m0/s1. The Labute approximate surface area is 268 Å². The third kappa shape index (κ3) is 32.1. The van der Waals surface area contributed by atoms with E-state index in [0.717, 1.165) is 50.4 Å². The molecule has 0 spiro atoms. The van der Waals surface area contributed by atoms with E-state index in [2.05, 4.69) is 27.7 Å². The predicted molar refractivity (Wildman–Crippen MR) is 182 cm³/mol. The van der Waals surface area contributed by atoms with Gasteiger partial charge in [-0.15, -0.1) is 0 Å². The average molecular weight is 611 g/mol. The molecule has 0 aromatic heterocycles. The lowest BCUT2D eigenvalue weighted by Gasteiger charge is -2.15. The molecule has 256 valence electrons. The fourth-order valence-corrected chi connectivity index (χ4v) is 5.60. The Morgan fingerprint density at radius 2 is 0.907 bits per heavy atom. The molecular formula is C38H74O5. The second-order valence-electron chi connectivity index (χ2n) is 13.7. The molecule has 0 radical (unpaired) electrons. The summed E-state index contributed by atoms with van der Waals surface area (Å²) >= 11 is 0. The average Bonchev–Trinajstić information content (AvgIpc) is 2.99. The Morgan fingerprint density at radius 3 is 1.30 bits per heavy atom. The molecule has 0 aliphatic heterocycles. The number of hydrogen-bond donors (Lipinski definition) is 1. The van der Waals surface area contributed by atoms with Crippen LogP contribution in [0.2, 0.25) is 0 Å². The lowest BCUT2D eigenvalue weighted by atomic mass is 9.99. The van der Waals surface area contributed by atoms with Gasteiger partial charge in [0.05, 0.1) is 6.61 Å². The van der Waals surface area contributed by atoms with Gasteiger partial charge in [0.2, 0.25) is 0 Å². The van der Waals surface area contributed by atoms with Crippen LogP contribution in [0.15, 0.2) is 0 Å². The van der Waals surface area contributed by atoms with E-state index in [9.17, 15) is 14.7 Å². The molecule has 2 atom stereocenters. The van der Waals surface area contributed by atoms with Crippen molar-refractivity contribution >= 4 is 11.9 Å². The first-order valence-corrected chi connectivity index (χ1v) is 18.8. The van der Waals surface area contributed by atoms with Gasteiger partial charge in [-0.25, -0.2) is 0 Å². The number of carbonyl (C=O) groups is 2. The fourth-order valence-electron chi connectivity index (χ4n) is 5.60. The van der Waals surface area contributed by atoms with Crippen LogP contribution in [0.5, 0.6) is 0 Å². The maximum atomic E-state index is 12.1. The summed E-state index contributed by atoms with van der Waals surface area (Å²) in [5.41, 5.74) is 0. The Balaban J connectivity index is 3.52. The predicted octanol–water partition coefficient (Wildman–Crippen LogP) is 11.3. The first-order chi connectivity index (χ1) is 20.9. The Morgan fingerprint density at radius 1 is 0.535 bits per heavy atom. The summed E-state index contributed by atoms with van der Waals surface area (Å²) in [6.45, 7) is 8.85. The summed E-state index contributed by atoms with van der Waals surface area (Å²) in [7, 11) is 0. The maximum absolute atomic E-state index is 12.1. The highest BCUT2D eigenvalue weighted by Crippen LogP contribution is 2.16. The number of ether oxygens (including phenoxy) is 2. The van der Waals surface area contributed by atoms with Crippen molar-refractivity contribution in [3.63, 3.8) is 0 Å². The Bertz CT molecular complexity index is 605. The first kappa shape index (κ1) is 41.9. The molecule has 0 saturated carbocycles. The quantitative estimate of drug-likeness (QED) is 0.0591. The molecule has 5 nitrogen and oxygen atoms in total. The summed E-state index contributed by atoms with van der Waals surface area (Å²) in [5.74, 6) is 1.13.